The summed E-state index contributed by atoms with van der Waals surface area (Å²) in [5.41, 5.74) is 2.00. The van der Waals surface area contributed by atoms with Crippen molar-refractivity contribution in [3.63, 3.8) is 0 Å². The molecular weight excluding hydrogens is 400 g/mol. The van der Waals surface area contributed by atoms with E-state index in [0.717, 1.165) is 63.3 Å². The summed E-state index contributed by atoms with van der Waals surface area (Å²) in [7, 11) is 0. The number of ether oxygens (including phenoxy) is 1. The molecule has 4 unspecified atom stereocenters. The van der Waals surface area contributed by atoms with Crippen molar-refractivity contribution in [2.45, 2.75) is 77.0 Å². The van der Waals surface area contributed by atoms with Gasteiger partial charge in [-0.15, -0.1) is 0 Å². The molecule has 0 amide bonds. The van der Waals surface area contributed by atoms with Crippen LogP contribution in [0.3, 0.4) is 0 Å². The molecule has 2 aromatic rings. The molecular formula is C26H42N4O2. The number of rotatable bonds is 12. The van der Waals surface area contributed by atoms with Crippen molar-refractivity contribution in [3.8, 4) is 0 Å². The highest BCUT2D eigenvalue weighted by molar-refractivity contribution is 5.39. The molecule has 178 valence electrons. The number of aliphatic hydroxyl groups is 1. The number of unbranched alkanes of at least 4 members (excludes halogenated alkanes) is 2. The zero-order valence-corrected chi connectivity index (χ0v) is 20.0. The lowest BCUT2D eigenvalue weighted by atomic mass is 9.70. The van der Waals surface area contributed by atoms with Crippen molar-refractivity contribution in [2.75, 3.05) is 32.8 Å². The first-order chi connectivity index (χ1) is 15.7. The molecule has 0 saturated carbocycles. The minimum absolute atomic E-state index is 0.149. The van der Waals surface area contributed by atoms with Gasteiger partial charge in [-0.1, -0.05) is 45.6 Å². The lowest BCUT2D eigenvalue weighted by molar-refractivity contribution is -0.209. The second-order valence-electron chi connectivity index (χ2n) is 9.94. The highest BCUT2D eigenvalue weighted by atomic mass is 16.5. The Kier molecular flexibility index (Phi) is 8.22. The molecule has 4 rings (SSSR count). The molecule has 4 atom stereocenters. The largest absolute Gasteiger partial charge is 0.396 e. The van der Waals surface area contributed by atoms with Crippen molar-refractivity contribution < 1.29 is 9.84 Å². The first-order valence-electron chi connectivity index (χ1n) is 12.8. The molecule has 0 aromatic carbocycles. The van der Waals surface area contributed by atoms with Gasteiger partial charge in [0.1, 0.15) is 5.65 Å². The topological polar surface area (TPSA) is 62.0 Å². The highest BCUT2D eigenvalue weighted by Crippen LogP contribution is 2.41. The van der Waals surface area contributed by atoms with Gasteiger partial charge < -0.3 is 19.6 Å². The number of fused-ring (bicyclic) bond motifs is 3. The molecule has 6 nitrogen and oxygen atoms in total. The van der Waals surface area contributed by atoms with Crippen LogP contribution in [0.1, 0.15) is 64.5 Å². The Morgan fingerprint density at radius 1 is 1.25 bits per heavy atom. The van der Waals surface area contributed by atoms with E-state index in [1.54, 1.807) is 0 Å². The highest BCUT2D eigenvalue weighted by Gasteiger charge is 2.50. The zero-order valence-electron chi connectivity index (χ0n) is 20.0. The number of hydrogen-bond acceptors (Lipinski definition) is 5. The Labute approximate surface area is 193 Å². The van der Waals surface area contributed by atoms with Crippen molar-refractivity contribution in [2.24, 2.45) is 11.8 Å². The summed E-state index contributed by atoms with van der Waals surface area (Å²) in [6, 6.07) is 6.17. The fourth-order valence-electron chi connectivity index (χ4n) is 6.12. The lowest BCUT2D eigenvalue weighted by Crippen LogP contribution is -2.69. The van der Waals surface area contributed by atoms with Crippen molar-refractivity contribution in [1.82, 2.24) is 19.6 Å². The van der Waals surface area contributed by atoms with Crippen LogP contribution in [-0.2, 0) is 11.3 Å². The minimum atomic E-state index is -0.149. The van der Waals surface area contributed by atoms with Crippen LogP contribution in [0.15, 0.2) is 30.6 Å². The van der Waals surface area contributed by atoms with Crippen LogP contribution in [-0.4, -0.2) is 63.9 Å². The van der Waals surface area contributed by atoms with E-state index in [-0.39, 0.29) is 18.3 Å². The van der Waals surface area contributed by atoms with E-state index in [1.165, 1.54) is 25.7 Å². The molecule has 0 spiro atoms. The number of morpholine rings is 2. The van der Waals surface area contributed by atoms with Crippen molar-refractivity contribution in [1.29, 1.82) is 0 Å². The van der Waals surface area contributed by atoms with Crippen LogP contribution in [0.2, 0.25) is 0 Å². The van der Waals surface area contributed by atoms with Crippen LogP contribution < -0.4 is 5.32 Å². The summed E-state index contributed by atoms with van der Waals surface area (Å²) < 4.78 is 9.01. The Morgan fingerprint density at radius 3 is 2.94 bits per heavy atom. The Hall–Kier alpha value is -1.47. The van der Waals surface area contributed by atoms with Gasteiger partial charge in [-0.05, 0) is 43.2 Å². The average Bonchev–Trinajstić information content (AvgIpc) is 3.20. The van der Waals surface area contributed by atoms with Gasteiger partial charge in [-0.25, -0.2) is 4.98 Å². The quantitative estimate of drug-likeness (QED) is 0.489. The number of aromatic nitrogens is 2. The first-order valence-corrected chi connectivity index (χ1v) is 12.8. The lowest BCUT2D eigenvalue weighted by Gasteiger charge is -2.55. The van der Waals surface area contributed by atoms with E-state index in [9.17, 15) is 5.11 Å². The van der Waals surface area contributed by atoms with E-state index in [2.05, 4.69) is 53.0 Å². The zero-order chi connectivity index (χ0) is 22.4. The third-order valence-corrected chi connectivity index (χ3v) is 7.57. The van der Waals surface area contributed by atoms with E-state index in [4.69, 9.17) is 9.72 Å². The molecule has 0 aliphatic carbocycles. The van der Waals surface area contributed by atoms with Gasteiger partial charge in [0, 0.05) is 51.7 Å². The molecule has 32 heavy (non-hydrogen) atoms. The van der Waals surface area contributed by atoms with E-state index >= 15 is 0 Å². The molecule has 2 aromatic heterocycles. The molecule has 2 aliphatic heterocycles. The van der Waals surface area contributed by atoms with Gasteiger partial charge in [0.25, 0.3) is 0 Å². The summed E-state index contributed by atoms with van der Waals surface area (Å²) in [6.45, 7) is 9.52. The Morgan fingerprint density at radius 2 is 2.16 bits per heavy atom. The third-order valence-electron chi connectivity index (χ3n) is 7.57. The molecule has 2 N–H and O–H groups in total. The minimum Gasteiger partial charge on any atom is -0.396 e. The molecule has 2 saturated heterocycles. The molecule has 0 radical (unpaired) electrons. The van der Waals surface area contributed by atoms with E-state index < -0.39 is 0 Å². The number of nitrogens with one attached hydrogen (secondary N) is 1. The predicted molar refractivity (Wildman–Crippen MR) is 129 cm³/mol. The van der Waals surface area contributed by atoms with Crippen LogP contribution in [0, 0.1) is 11.8 Å². The van der Waals surface area contributed by atoms with Crippen LogP contribution in [0.25, 0.3) is 5.65 Å². The van der Waals surface area contributed by atoms with E-state index in [0.29, 0.717) is 11.8 Å². The number of aliphatic hydroxyl groups excluding tert-OH is 1. The average molecular weight is 443 g/mol. The van der Waals surface area contributed by atoms with Gasteiger partial charge in [-0.2, -0.15) is 0 Å². The number of hydrogen-bond donors (Lipinski definition) is 2. The second kappa shape index (κ2) is 11.1. The maximum Gasteiger partial charge on any atom is 0.137 e. The fraction of sp³-hybridized carbons (Fsp3) is 0.731. The summed E-state index contributed by atoms with van der Waals surface area (Å²) in [5.74, 6) is 1.11. The molecule has 6 heteroatoms. The van der Waals surface area contributed by atoms with Crippen LogP contribution in [0.4, 0.5) is 0 Å². The standard InChI is InChI=1S/C26H42N4O2/c1-3-5-6-11-24(21(4-2)10-9-14-31)26-19-27-15-23(32-26)18-29(20-26)16-22-17-30-13-8-7-12-25(30)28-22/h7-8,12-13,17,21,23-24,27,31H,3-6,9-11,14-16,18-20H2,1-2H3. The van der Waals surface area contributed by atoms with Gasteiger partial charge in [-0.3, -0.25) is 4.90 Å². The maximum atomic E-state index is 9.50. The normalized spacial score (nSPS) is 25.8. The number of nitrogens with zero attached hydrogens (tertiary/aromatic N) is 3. The van der Waals surface area contributed by atoms with Crippen molar-refractivity contribution in [3.05, 3.63) is 36.3 Å². The fourth-order valence-corrected chi connectivity index (χ4v) is 6.12. The monoisotopic (exact) mass is 442 g/mol. The van der Waals surface area contributed by atoms with Gasteiger partial charge in [0.05, 0.1) is 17.4 Å². The number of imidazole rings is 1. The maximum absolute atomic E-state index is 9.50. The summed E-state index contributed by atoms with van der Waals surface area (Å²) >= 11 is 0. The van der Waals surface area contributed by atoms with Crippen LogP contribution in [0.5, 0.6) is 0 Å². The predicted octanol–water partition coefficient (Wildman–Crippen LogP) is 3.87. The SMILES string of the molecule is CCCCCC(C(CC)CCCO)C12CNCC(CN(Cc3cn4ccccc4n3)C1)O2. The van der Waals surface area contributed by atoms with Gasteiger partial charge >= 0.3 is 0 Å². The van der Waals surface area contributed by atoms with Gasteiger partial charge in [0.2, 0.25) is 0 Å². The summed E-state index contributed by atoms with van der Waals surface area (Å²) in [5, 5.41) is 13.2. The summed E-state index contributed by atoms with van der Waals surface area (Å²) in [6.07, 6.45) is 12.6. The molecule has 4 heterocycles. The second-order valence-corrected chi connectivity index (χ2v) is 9.94. The smallest absolute Gasteiger partial charge is 0.137 e. The van der Waals surface area contributed by atoms with Crippen molar-refractivity contribution >= 4 is 5.65 Å². The number of pyridine rings is 1. The van der Waals surface area contributed by atoms with Gasteiger partial charge in [0.15, 0.2) is 0 Å². The van der Waals surface area contributed by atoms with Crippen LogP contribution >= 0.6 is 0 Å². The third kappa shape index (κ3) is 5.36. The molecule has 2 aliphatic rings. The first kappa shape index (κ1) is 23.7. The Bertz CT molecular complexity index is 807. The molecule has 2 fully saturated rings. The summed E-state index contributed by atoms with van der Waals surface area (Å²) in [4.78, 5) is 7.44. The molecule has 2 bridgehead atoms. The van der Waals surface area contributed by atoms with E-state index in [1.807, 2.05) is 6.07 Å². The Balaban J connectivity index is 1.55.